The lowest BCUT2D eigenvalue weighted by Gasteiger charge is -2.26. The van der Waals surface area contributed by atoms with Gasteiger partial charge in [-0.15, -0.1) is 0 Å². The molecule has 3 N–H and O–H groups in total. The van der Waals surface area contributed by atoms with E-state index in [0.717, 1.165) is 24.6 Å². The summed E-state index contributed by atoms with van der Waals surface area (Å²) in [6.07, 6.45) is 2.54. The number of nitrogens with one attached hydrogen (secondary N) is 2. The molecule has 1 aliphatic rings. The Labute approximate surface area is 131 Å². The zero-order valence-electron chi connectivity index (χ0n) is 13.5. The predicted molar refractivity (Wildman–Crippen MR) is 84.7 cm³/mol. The van der Waals surface area contributed by atoms with Crippen LogP contribution in [-0.4, -0.2) is 48.3 Å². The quantitative estimate of drug-likeness (QED) is 0.717. The standard InChI is InChI=1S/C16H27N3O3/c1-12(20)7-8-17-16(21)18-11-14(19-9-3-4-10-19)15-6-5-13(2)22-15/h5-6,12,14,20H,3-4,7-11H2,1-2H3,(H2,17,18,21). The lowest BCUT2D eigenvalue weighted by atomic mass is 10.2. The summed E-state index contributed by atoms with van der Waals surface area (Å²) in [6.45, 7) is 6.71. The Morgan fingerprint density at radius 3 is 2.68 bits per heavy atom. The van der Waals surface area contributed by atoms with Gasteiger partial charge in [-0.05, 0) is 58.3 Å². The number of nitrogens with zero attached hydrogens (tertiary/aromatic N) is 1. The molecule has 2 unspecified atom stereocenters. The molecule has 0 aliphatic carbocycles. The molecule has 0 radical (unpaired) electrons. The van der Waals surface area contributed by atoms with E-state index in [1.807, 2.05) is 19.1 Å². The van der Waals surface area contributed by atoms with Gasteiger partial charge in [-0.3, -0.25) is 4.90 Å². The van der Waals surface area contributed by atoms with Crippen LogP contribution in [-0.2, 0) is 0 Å². The Bertz CT molecular complexity index is 467. The number of aliphatic hydroxyl groups excluding tert-OH is 1. The Morgan fingerprint density at radius 2 is 2.09 bits per heavy atom. The fourth-order valence-corrected chi connectivity index (χ4v) is 2.74. The third-order valence-corrected chi connectivity index (χ3v) is 3.97. The molecular formula is C16H27N3O3. The summed E-state index contributed by atoms with van der Waals surface area (Å²) >= 11 is 0. The maximum absolute atomic E-state index is 11.8. The number of amides is 2. The molecule has 6 heteroatoms. The van der Waals surface area contributed by atoms with Gasteiger partial charge in [0.2, 0.25) is 0 Å². The zero-order valence-corrected chi connectivity index (χ0v) is 13.5. The van der Waals surface area contributed by atoms with E-state index in [2.05, 4.69) is 15.5 Å². The van der Waals surface area contributed by atoms with Crippen LogP contribution >= 0.6 is 0 Å². The van der Waals surface area contributed by atoms with Gasteiger partial charge in [-0.25, -0.2) is 4.79 Å². The zero-order chi connectivity index (χ0) is 15.9. The predicted octanol–water partition coefficient (Wildman–Crippen LogP) is 1.80. The van der Waals surface area contributed by atoms with Crippen LogP contribution in [0.3, 0.4) is 0 Å². The molecule has 1 fully saturated rings. The second-order valence-corrected chi connectivity index (χ2v) is 5.98. The first kappa shape index (κ1) is 16.8. The second-order valence-electron chi connectivity index (χ2n) is 5.98. The van der Waals surface area contributed by atoms with Crippen LogP contribution in [0.15, 0.2) is 16.5 Å². The number of hydrogen-bond acceptors (Lipinski definition) is 4. The van der Waals surface area contributed by atoms with Crippen molar-refractivity contribution in [1.82, 2.24) is 15.5 Å². The summed E-state index contributed by atoms with van der Waals surface area (Å²) in [5.41, 5.74) is 0. The number of aliphatic hydroxyl groups is 1. The summed E-state index contributed by atoms with van der Waals surface area (Å²) < 4.78 is 5.76. The van der Waals surface area contributed by atoms with Crippen LogP contribution in [0, 0.1) is 6.92 Å². The SMILES string of the molecule is Cc1ccc(C(CNC(=O)NCCC(C)O)N2CCCC2)o1. The average Bonchev–Trinajstić information content (AvgIpc) is 3.11. The number of rotatable bonds is 7. The molecule has 2 atom stereocenters. The number of furan rings is 1. The smallest absolute Gasteiger partial charge is 0.314 e. The highest BCUT2D eigenvalue weighted by Crippen LogP contribution is 2.25. The van der Waals surface area contributed by atoms with Crippen molar-refractivity contribution in [1.29, 1.82) is 0 Å². The summed E-state index contributed by atoms with van der Waals surface area (Å²) in [6, 6.07) is 3.83. The molecule has 1 saturated heterocycles. The second kappa shape index (κ2) is 8.19. The molecule has 1 aliphatic heterocycles. The largest absolute Gasteiger partial charge is 0.465 e. The van der Waals surface area contributed by atoms with Crippen molar-refractivity contribution in [2.75, 3.05) is 26.2 Å². The first-order chi connectivity index (χ1) is 10.6. The summed E-state index contributed by atoms with van der Waals surface area (Å²) in [5.74, 6) is 1.80. The van der Waals surface area contributed by atoms with Gasteiger partial charge >= 0.3 is 6.03 Å². The normalized spacial score (nSPS) is 18.1. The van der Waals surface area contributed by atoms with Gasteiger partial charge in [0.15, 0.2) is 0 Å². The van der Waals surface area contributed by atoms with Crippen LogP contribution in [0.2, 0.25) is 0 Å². The molecule has 0 aromatic carbocycles. The molecule has 2 rings (SSSR count). The van der Waals surface area contributed by atoms with E-state index in [0.29, 0.717) is 19.5 Å². The number of likely N-dealkylation sites (tertiary alicyclic amines) is 1. The first-order valence-electron chi connectivity index (χ1n) is 8.06. The van der Waals surface area contributed by atoms with Gasteiger partial charge in [0, 0.05) is 13.1 Å². The number of carbonyl (C=O) groups excluding carboxylic acids is 1. The lowest BCUT2D eigenvalue weighted by Crippen LogP contribution is -2.42. The summed E-state index contributed by atoms with van der Waals surface area (Å²) in [4.78, 5) is 14.2. The van der Waals surface area contributed by atoms with Crippen LogP contribution in [0.1, 0.15) is 43.7 Å². The Hall–Kier alpha value is -1.53. The molecule has 1 aromatic heterocycles. The van der Waals surface area contributed by atoms with Crippen molar-refractivity contribution in [2.24, 2.45) is 0 Å². The lowest BCUT2D eigenvalue weighted by molar-refractivity contribution is 0.182. The van der Waals surface area contributed by atoms with Crippen LogP contribution in [0.4, 0.5) is 4.79 Å². The first-order valence-corrected chi connectivity index (χ1v) is 8.06. The number of aryl methyl sites for hydroxylation is 1. The monoisotopic (exact) mass is 309 g/mol. The highest BCUT2D eigenvalue weighted by Gasteiger charge is 2.26. The van der Waals surface area contributed by atoms with Crippen molar-refractivity contribution >= 4 is 6.03 Å². The summed E-state index contributed by atoms with van der Waals surface area (Å²) in [7, 11) is 0. The van der Waals surface area contributed by atoms with E-state index in [4.69, 9.17) is 4.42 Å². The van der Waals surface area contributed by atoms with Crippen LogP contribution in [0.25, 0.3) is 0 Å². The molecule has 0 spiro atoms. The van der Waals surface area contributed by atoms with Crippen molar-refractivity contribution < 1.29 is 14.3 Å². The topological polar surface area (TPSA) is 77.7 Å². The van der Waals surface area contributed by atoms with Crippen LogP contribution < -0.4 is 10.6 Å². The van der Waals surface area contributed by atoms with Gasteiger partial charge in [-0.2, -0.15) is 0 Å². The van der Waals surface area contributed by atoms with Crippen LogP contribution in [0.5, 0.6) is 0 Å². The molecule has 124 valence electrons. The molecule has 1 aromatic rings. The Balaban J connectivity index is 1.85. The van der Waals surface area contributed by atoms with Gasteiger partial charge in [0.05, 0.1) is 12.1 Å². The summed E-state index contributed by atoms with van der Waals surface area (Å²) in [5, 5.41) is 14.9. The van der Waals surface area contributed by atoms with Crippen molar-refractivity contribution in [3.05, 3.63) is 23.7 Å². The van der Waals surface area contributed by atoms with E-state index < -0.39 is 6.10 Å². The molecule has 22 heavy (non-hydrogen) atoms. The van der Waals surface area contributed by atoms with Crippen molar-refractivity contribution in [3.8, 4) is 0 Å². The van der Waals surface area contributed by atoms with Crippen molar-refractivity contribution in [3.63, 3.8) is 0 Å². The molecular weight excluding hydrogens is 282 g/mol. The highest BCUT2D eigenvalue weighted by molar-refractivity contribution is 5.73. The van der Waals surface area contributed by atoms with E-state index in [1.165, 1.54) is 12.8 Å². The number of hydrogen-bond donors (Lipinski definition) is 3. The minimum absolute atomic E-state index is 0.0821. The molecule has 0 bridgehead atoms. The van der Waals surface area contributed by atoms with Crippen molar-refractivity contribution in [2.45, 2.75) is 45.3 Å². The fourth-order valence-electron chi connectivity index (χ4n) is 2.74. The van der Waals surface area contributed by atoms with E-state index in [9.17, 15) is 9.90 Å². The van der Waals surface area contributed by atoms with E-state index in [1.54, 1.807) is 6.92 Å². The van der Waals surface area contributed by atoms with Gasteiger partial charge in [0.1, 0.15) is 11.5 Å². The van der Waals surface area contributed by atoms with Gasteiger partial charge in [0.25, 0.3) is 0 Å². The average molecular weight is 309 g/mol. The molecule has 2 heterocycles. The molecule has 0 saturated carbocycles. The van der Waals surface area contributed by atoms with Gasteiger partial charge < -0.3 is 20.2 Å². The third kappa shape index (κ3) is 5.03. The molecule has 6 nitrogen and oxygen atoms in total. The minimum Gasteiger partial charge on any atom is -0.465 e. The minimum atomic E-state index is -0.399. The highest BCUT2D eigenvalue weighted by atomic mass is 16.3. The van der Waals surface area contributed by atoms with Gasteiger partial charge in [-0.1, -0.05) is 0 Å². The third-order valence-electron chi connectivity index (χ3n) is 3.97. The Kier molecular flexibility index (Phi) is 6.27. The molecule has 2 amide bonds. The number of carbonyl (C=O) groups is 1. The Morgan fingerprint density at radius 1 is 1.36 bits per heavy atom. The fraction of sp³-hybridized carbons (Fsp3) is 0.688. The maximum atomic E-state index is 11.8. The van der Waals surface area contributed by atoms with E-state index in [-0.39, 0.29) is 12.1 Å². The maximum Gasteiger partial charge on any atom is 0.314 e. The van der Waals surface area contributed by atoms with E-state index >= 15 is 0 Å². The number of urea groups is 1.